The molecule has 1 aliphatic heterocycles. The topological polar surface area (TPSA) is 9.23 Å². The second-order valence-electron chi connectivity index (χ2n) is 3.26. The standard InChI is InChI=1S/C6H3F9O/c1-2(7)3(8,9)4(10,11)5(12,13)6(14,15)16-2/h1H3. The van der Waals surface area contributed by atoms with Gasteiger partial charge >= 0.3 is 23.9 Å². The Hall–Kier alpha value is -0.670. The van der Waals surface area contributed by atoms with Crippen LogP contribution in [-0.4, -0.2) is 29.7 Å². The van der Waals surface area contributed by atoms with E-state index in [9.17, 15) is 39.5 Å². The first-order valence-corrected chi connectivity index (χ1v) is 3.61. The molecule has 0 saturated carbocycles. The molecule has 0 aromatic carbocycles. The van der Waals surface area contributed by atoms with Gasteiger partial charge in [-0.05, 0) is 0 Å². The number of alkyl halides is 9. The summed E-state index contributed by atoms with van der Waals surface area (Å²) in [6, 6.07) is 0. The maximum Gasteiger partial charge on any atom is 0.428 e. The average Bonchev–Trinajstić information content (AvgIpc) is 1.98. The van der Waals surface area contributed by atoms with Crippen LogP contribution in [0.2, 0.25) is 0 Å². The van der Waals surface area contributed by atoms with E-state index in [2.05, 4.69) is 4.74 Å². The minimum absolute atomic E-state index is 0.482. The zero-order valence-electron chi connectivity index (χ0n) is 7.31. The lowest BCUT2D eigenvalue weighted by molar-refractivity contribution is -0.531. The Bertz CT molecular complexity index is 279. The molecule has 0 aromatic rings. The predicted octanol–water partition coefficient (Wildman–Crippen LogP) is 3.20. The number of hydrogen-bond acceptors (Lipinski definition) is 1. The van der Waals surface area contributed by atoms with Crippen molar-refractivity contribution in [2.45, 2.75) is 36.7 Å². The predicted molar refractivity (Wildman–Crippen MR) is 30.4 cm³/mol. The monoisotopic (exact) mass is 262 g/mol. The van der Waals surface area contributed by atoms with Crippen molar-refractivity contribution in [2.75, 3.05) is 0 Å². The van der Waals surface area contributed by atoms with Crippen molar-refractivity contribution in [1.29, 1.82) is 0 Å². The van der Waals surface area contributed by atoms with Crippen LogP contribution in [0.5, 0.6) is 0 Å². The molecule has 1 nitrogen and oxygen atoms in total. The van der Waals surface area contributed by atoms with Crippen LogP contribution in [0, 0.1) is 0 Å². The molecule has 0 radical (unpaired) electrons. The number of hydrogen-bond donors (Lipinski definition) is 0. The van der Waals surface area contributed by atoms with Crippen LogP contribution < -0.4 is 0 Å². The van der Waals surface area contributed by atoms with Crippen LogP contribution in [0.4, 0.5) is 39.5 Å². The highest BCUT2D eigenvalue weighted by Crippen LogP contribution is 2.62. The van der Waals surface area contributed by atoms with Crippen molar-refractivity contribution in [3.63, 3.8) is 0 Å². The molecule has 96 valence electrons. The lowest BCUT2D eigenvalue weighted by atomic mass is 9.94. The van der Waals surface area contributed by atoms with Gasteiger partial charge in [0.15, 0.2) is 0 Å². The molecule has 1 unspecified atom stereocenters. The summed E-state index contributed by atoms with van der Waals surface area (Å²) in [4.78, 5) is 0. The Morgan fingerprint density at radius 3 is 1.38 bits per heavy atom. The van der Waals surface area contributed by atoms with Crippen molar-refractivity contribution >= 4 is 0 Å². The first-order chi connectivity index (χ1) is 6.71. The molecule has 0 N–H and O–H groups in total. The van der Waals surface area contributed by atoms with Crippen LogP contribution in [0.25, 0.3) is 0 Å². The summed E-state index contributed by atoms with van der Waals surface area (Å²) in [6.07, 6.45) is -6.04. The second-order valence-corrected chi connectivity index (χ2v) is 3.26. The Kier molecular flexibility index (Phi) is 2.32. The zero-order chi connectivity index (χ0) is 13.2. The normalized spacial score (nSPS) is 39.4. The molecule has 1 aliphatic rings. The van der Waals surface area contributed by atoms with E-state index in [0.29, 0.717) is 0 Å². The Morgan fingerprint density at radius 2 is 1.00 bits per heavy atom. The van der Waals surface area contributed by atoms with Gasteiger partial charge in [-0.15, -0.1) is 0 Å². The van der Waals surface area contributed by atoms with Crippen molar-refractivity contribution < 1.29 is 44.3 Å². The number of ether oxygens (including phenoxy) is 1. The Balaban J connectivity index is 3.43. The molecule has 1 rings (SSSR count). The molecule has 0 aromatic heterocycles. The fraction of sp³-hybridized carbons (Fsp3) is 1.00. The maximum absolute atomic E-state index is 12.7. The van der Waals surface area contributed by atoms with Gasteiger partial charge in [0.2, 0.25) is 0 Å². The highest BCUT2D eigenvalue weighted by molar-refractivity contribution is 5.10. The fourth-order valence-electron chi connectivity index (χ4n) is 1.03. The molecule has 1 atom stereocenters. The van der Waals surface area contributed by atoms with Crippen molar-refractivity contribution in [3.8, 4) is 0 Å². The summed E-state index contributed by atoms with van der Waals surface area (Å²) in [5.74, 6) is -24.1. The molecule has 10 heteroatoms. The molecule has 16 heavy (non-hydrogen) atoms. The van der Waals surface area contributed by atoms with Gasteiger partial charge in [-0.2, -0.15) is 35.1 Å². The summed E-state index contributed by atoms with van der Waals surface area (Å²) in [5, 5.41) is 0. The Morgan fingerprint density at radius 1 is 0.625 bits per heavy atom. The van der Waals surface area contributed by atoms with Gasteiger partial charge in [0.1, 0.15) is 0 Å². The molecular weight excluding hydrogens is 259 g/mol. The number of halogens is 9. The molecule has 0 bridgehead atoms. The maximum atomic E-state index is 12.7. The summed E-state index contributed by atoms with van der Waals surface area (Å²) < 4.78 is 114. The lowest BCUT2D eigenvalue weighted by Crippen LogP contribution is -2.75. The van der Waals surface area contributed by atoms with Crippen LogP contribution in [0.3, 0.4) is 0 Å². The summed E-state index contributed by atoms with van der Waals surface area (Å²) >= 11 is 0. The fourth-order valence-corrected chi connectivity index (χ4v) is 1.03. The van der Waals surface area contributed by atoms with E-state index in [1.165, 1.54) is 0 Å². The van der Waals surface area contributed by atoms with Crippen molar-refractivity contribution in [3.05, 3.63) is 0 Å². The summed E-state index contributed by atoms with van der Waals surface area (Å²) in [6.45, 7) is -0.482. The lowest BCUT2D eigenvalue weighted by Gasteiger charge is -2.46. The average molecular weight is 262 g/mol. The van der Waals surface area contributed by atoms with E-state index in [4.69, 9.17) is 0 Å². The molecule has 1 heterocycles. The third-order valence-electron chi connectivity index (χ3n) is 2.03. The third kappa shape index (κ3) is 1.19. The van der Waals surface area contributed by atoms with Gasteiger partial charge in [-0.3, -0.25) is 4.74 Å². The quantitative estimate of drug-likeness (QED) is 0.609. The van der Waals surface area contributed by atoms with Crippen molar-refractivity contribution in [2.24, 2.45) is 0 Å². The zero-order valence-corrected chi connectivity index (χ0v) is 7.31. The Labute approximate surface area is 82.2 Å². The molecule has 1 saturated heterocycles. The molecule has 0 aliphatic carbocycles. The molecular formula is C6H3F9O. The van der Waals surface area contributed by atoms with E-state index in [-0.39, 0.29) is 0 Å². The SMILES string of the molecule is CC1(F)OC(F)(F)C(F)(F)C(F)(F)C1(F)F. The minimum Gasteiger partial charge on any atom is -0.272 e. The second kappa shape index (κ2) is 2.77. The molecule has 0 amide bonds. The number of rotatable bonds is 0. The van der Waals surface area contributed by atoms with Gasteiger partial charge < -0.3 is 0 Å². The molecule has 1 fully saturated rings. The van der Waals surface area contributed by atoms with Crippen molar-refractivity contribution in [1.82, 2.24) is 0 Å². The van der Waals surface area contributed by atoms with Crippen LogP contribution in [0.1, 0.15) is 6.92 Å². The first-order valence-electron chi connectivity index (χ1n) is 3.61. The molecule has 0 spiro atoms. The highest BCUT2D eigenvalue weighted by atomic mass is 19.4. The minimum atomic E-state index is -6.58. The van der Waals surface area contributed by atoms with Gasteiger partial charge in [0.05, 0.1) is 0 Å². The smallest absolute Gasteiger partial charge is 0.272 e. The van der Waals surface area contributed by atoms with Crippen LogP contribution >= 0.6 is 0 Å². The van der Waals surface area contributed by atoms with E-state index >= 15 is 0 Å². The largest absolute Gasteiger partial charge is 0.428 e. The third-order valence-corrected chi connectivity index (χ3v) is 2.03. The van der Waals surface area contributed by atoms with Gasteiger partial charge in [0.25, 0.3) is 5.85 Å². The first kappa shape index (κ1) is 13.4. The van der Waals surface area contributed by atoms with Crippen LogP contribution in [0.15, 0.2) is 0 Å². The van der Waals surface area contributed by atoms with Gasteiger partial charge in [0, 0.05) is 6.92 Å². The van der Waals surface area contributed by atoms with E-state index in [1.54, 1.807) is 0 Å². The van der Waals surface area contributed by atoms with E-state index in [0.717, 1.165) is 0 Å². The van der Waals surface area contributed by atoms with Gasteiger partial charge in [-0.1, -0.05) is 0 Å². The summed E-state index contributed by atoms with van der Waals surface area (Å²) in [5.41, 5.74) is 0. The highest BCUT2D eigenvalue weighted by Gasteiger charge is 2.91. The van der Waals surface area contributed by atoms with Crippen LogP contribution in [-0.2, 0) is 4.74 Å². The van der Waals surface area contributed by atoms with E-state index in [1.807, 2.05) is 0 Å². The van der Waals surface area contributed by atoms with E-state index < -0.39 is 36.7 Å². The van der Waals surface area contributed by atoms with Gasteiger partial charge in [-0.25, -0.2) is 4.39 Å². The summed E-state index contributed by atoms with van der Waals surface area (Å²) in [7, 11) is 0.